The summed E-state index contributed by atoms with van der Waals surface area (Å²) in [5.74, 6) is 0.918. The van der Waals surface area contributed by atoms with Crippen molar-refractivity contribution < 1.29 is 0 Å². The number of nitrogens with two attached hydrogens (primary N) is 1. The fourth-order valence-electron chi connectivity index (χ4n) is 2.14. The first kappa shape index (κ1) is 12.4. The van der Waals surface area contributed by atoms with Crippen LogP contribution < -0.4 is 10.6 Å². The summed E-state index contributed by atoms with van der Waals surface area (Å²) < 4.78 is 1.02. The highest BCUT2D eigenvalue weighted by atomic mass is 79.9. The molecule has 0 bridgehead atoms. The molecular formula is C13H18BrN3. The highest BCUT2D eigenvalue weighted by Crippen LogP contribution is 2.37. The Labute approximate surface area is 111 Å². The van der Waals surface area contributed by atoms with Gasteiger partial charge in [-0.05, 0) is 43.9 Å². The summed E-state index contributed by atoms with van der Waals surface area (Å²) in [5, 5.41) is 7.64. The van der Waals surface area contributed by atoms with E-state index in [1.807, 2.05) is 18.2 Å². The lowest BCUT2D eigenvalue weighted by atomic mass is 10.1. The van der Waals surface area contributed by atoms with Crippen LogP contribution in [-0.2, 0) is 0 Å². The number of nitrogen functional groups attached to an aromatic ring is 1. The van der Waals surface area contributed by atoms with Crippen molar-refractivity contribution in [2.45, 2.75) is 25.8 Å². The average molecular weight is 296 g/mol. The fourth-order valence-corrected chi connectivity index (χ4v) is 2.49. The molecule has 1 aromatic rings. The maximum Gasteiger partial charge on any atom is 0.124 e. The van der Waals surface area contributed by atoms with Gasteiger partial charge in [-0.2, -0.15) is 0 Å². The van der Waals surface area contributed by atoms with E-state index in [1.54, 1.807) is 0 Å². The Kier molecular flexibility index (Phi) is 3.43. The van der Waals surface area contributed by atoms with E-state index in [0.717, 1.165) is 21.6 Å². The zero-order valence-corrected chi connectivity index (χ0v) is 11.8. The van der Waals surface area contributed by atoms with Gasteiger partial charge in [0.2, 0.25) is 0 Å². The van der Waals surface area contributed by atoms with Crippen LogP contribution >= 0.6 is 15.9 Å². The molecule has 0 heterocycles. The van der Waals surface area contributed by atoms with Crippen LogP contribution in [-0.4, -0.2) is 18.9 Å². The van der Waals surface area contributed by atoms with E-state index in [-0.39, 0.29) is 5.84 Å². The van der Waals surface area contributed by atoms with Crippen molar-refractivity contribution >= 4 is 27.5 Å². The quantitative estimate of drug-likeness (QED) is 0.663. The maximum absolute atomic E-state index is 7.64. The molecule has 92 valence electrons. The lowest BCUT2D eigenvalue weighted by Gasteiger charge is -2.29. The zero-order valence-electron chi connectivity index (χ0n) is 10.2. The van der Waals surface area contributed by atoms with Crippen molar-refractivity contribution in [2.24, 2.45) is 11.7 Å². The minimum Gasteiger partial charge on any atom is -0.384 e. The van der Waals surface area contributed by atoms with Gasteiger partial charge >= 0.3 is 0 Å². The van der Waals surface area contributed by atoms with Crippen LogP contribution in [0.15, 0.2) is 22.7 Å². The van der Waals surface area contributed by atoms with Crippen molar-refractivity contribution in [3.8, 4) is 0 Å². The molecule has 0 saturated heterocycles. The topological polar surface area (TPSA) is 53.1 Å². The maximum atomic E-state index is 7.64. The van der Waals surface area contributed by atoms with Gasteiger partial charge in [-0.15, -0.1) is 0 Å². The molecule has 0 radical (unpaired) electrons. The number of rotatable bonds is 4. The Morgan fingerprint density at radius 2 is 2.18 bits per heavy atom. The summed E-state index contributed by atoms with van der Waals surface area (Å²) in [6, 6.07) is 6.37. The van der Waals surface area contributed by atoms with Crippen LogP contribution in [0.3, 0.4) is 0 Å². The number of halogens is 1. The van der Waals surface area contributed by atoms with Gasteiger partial charge in [0, 0.05) is 28.8 Å². The number of nitrogens with one attached hydrogen (secondary N) is 1. The molecule has 0 spiro atoms. The van der Waals surface area contributed by atoms with Crippen LogP contribution in [0.1, 0.15) is 25.3 Å². The zero-order chi connectivity index (χ0) is 12.6. The number of hydrogen-bond acceptors (Lipinski definition) is 2. The summed E-state index contributed by atoms with van der Waals surface area (Å²) in [6.45, 7) is 2.24. The first-order valence-electron chi connectivity index (χ1n) is 5.87. The molecule has 1 atom stereocenters. The van der Waals surface area contributed by atoms with Gasteiger partial charge in [-0.3, -0.25) is 5.41 Å². The first-order valence-corrected chi connectivity index (χ1v) is 6.66. The van der Waals surface area contributed by atoms with Gasteiger partial charge in [0.1, 0.15) is 5.84 Å². The minimum atomic E-state index is 0.127. The molecule has 2 rings (SSSR count). The first-order chi connectivity index (χ1) is 8.00. The molecule has 1 saturated carbocycles. The predicted molar refractivity (Wildman–Crippen MR) is 75.7 cm³/mol. The van der Waals surface area contributed by atoms with Crippen molar-refractivity contribution in [1.82, 2.24) is 0 Å². The number of amidine groups is 1. The number of anilines is 1. The second-order valence-electron chi connectivity index (χ2n) is 4.76. The van der Waals surface area contributed by atoms with Crippen LogP contribution in [0.4, 0.5) is 5.69 Å². The number of nitrogens with zero attached hydrogens (tertiary/aromatic N) is 1. The summed E-state index contributed by atoms with van der Waals surface area (Å²) in [7, 11) is 2.08. The van der Waals surface area contributed by atoms with Gasteiger partial charge in [-0.25, -0.2) is 0 Å². The van der Waals surface area contributed by atoms with Crippen molar-refractivity contribution in [3.05, 3.63) is 28.2 Å². The van der Waals surface area contributed by atoms with E-state index in [4.69, 9.17) is 11.1 Å². The van der Waals surface area contributed by atoms with Gasteiger partial charge in [0.15, 0.2) is 0 Å². The second kappa shape index (κ2) is 4.69. The molecule has 4 heteroatoms. The predicted octanol–water partition coefficient (Wildman–Crippen LogP) is 2.97. The molecule has 0 aliphatic heterocycles. The Hall–Kier alpha value is -1.03. The summed E-state index contributed by atoms with van der Waals surface area (Å²) in [6.07, 6.45) is 2.63. The molecule has 0 aromatic heterocycles. The highest BCUT2D eigenvalue weighted by Gasteiger charge is 2.31. The van der Waals surface area contributed by atoms with E-state index in [1.165, 1.54) is 12.8 Å². The Bertz CT molecular complexity index is 440. The van der Waals surface area contributed by atoms with E-state index in [2.05, 4.69) is 34.8 Å². The summed E-state index contributed by atoms with van der Waals surface area (Å²) >= 11 is 3.48. The van der Waals surface area contributed by atoms with Crippen LogP contribution in [0.2, 0.25) is 0 Å². The normalized spacial score (nSPS) is 16.6. The average Bonchev–Trinajstić information content (AvgIpc) is 3.10. The smallest absolute Gasteiger partial charge is 0.124 e. The fraction of sp³-hybridized carbons (Fsp3) is 0.462. The van der Waals surface area contributed by atoms with Crippen molar-refractivity contribution in [3.63, 3.8) is 0 Å². The Morgan fingerprint density at radius 3 is 2.71 bits per heavy atom. The van der Waals surface area contributed by atoms with Gasteiger partial charge < -0.3 is 10.6 Å². The lowest BCUT2D eigenvalue weighted by Crippen LogP contribution is -2.32. The highest BCUT2D eigenvalue weighted by molar-refractivity contribution is 9.10. The Morgan fingerprint density at radius 1 is 1.53 bits per heavy atom. The molecule has 1 fully saturated rings. The van der Waals surface area contributed by atoms with Gasteiger partial charge in [0.05, 0.1) is 0 Å². The molecule has 17 heavy (non-hydrogen) atoms. The van der Waals surface area contributed by atoms with Crippen molar-refractivity contribution in [2.75, 3.05) is 11.9 Å². The van der Waals surface area contributed by atoms with E-state index in [0.29, 0.717) is 6.04 Å². The molecule has 0 amide bonds. The summed E-state index contributed by atoms with van der Waals surface area (Å²) in [4.78, 5) is 2.24. The standard InChI is InChI=1S/C13H18BrN3/c1-8(9-3-4-9)17(2)12-7-10(14)5-6-11(12)13(15)16/h5-9H,3-4H2,1-2H3,(H3,15,16). The third-order valence-corrected chi connectivity index (χ3v) is 4.04. The minimum absolute atomic E-state index is 0.127. The van der Waals surface area contributed by atoms with Gasteiger partial charge in [0.25, 0.3) is 0 Å². The van der Waals surface area contributed by atoms with Crippen molar-refractivity contribution in [1.29, 1.82) is 5.41 Å². The molecule has 1 aliphatic rings. The molecule has 1 aliphatic carbocycles. The molecule has 1 unspecified atom stereocenters. The third-order valence-electron chi connectivity index (χ3n) is 3.55. The van der Waals surface area contributed by atoms with E-state index >= 15 is 0 Å². The third kappa shape index (κ3) is 2.63. The number of hydrogen-bond donors (Lipinski definition) is 2. The molecule has 3 nitrogen and oxygen atoms in total. The van der Waals surface area contributed by atoms with Crippen LogP contribution in [0.5, 0.6) is 0 Å². The lowest BCUT2D eigenvalue weighted by molar-refractivity contribution is 0.609. The van der Waals surface area contributed by atoms with Crippen LogP contribution in [0, 0.1) is 11.3 Å². The second-order valence-corrected chi connectivity index (χ2v) is 5.68. The molecular weight excluding hydrogens is 278 g/mol. The number of benzene rings is 1. The molecule has 1 aromatic carbocycles. The van der Waals surface area contributed by atoms with Gasteiger partial charge in [-0.1, -0.05) is 15.9 Å². The van der Waals surface area contributed by atoms with E-state index in [9.17, 15) is 0 Å². The Balaban J connectivity index is 2.34. The van der Waals surface area contributed by atoms with Crippen LogP contribution in [0.25, 0.3) is 0 Å². The van der Waals surface area contributed by atoms with E-state index < -0.39 is 0 Å². The largest absolute Gasteiger partial charge is 0.384 e. The summed E-state index contributed by atoms with van der Waals surface area (Å²) in [5.41, 5.74) is 7.48. The molecule has 3 N–H and O–H groups in total. The monoisotopic (exact) mass is 295 g/mol. The SMILES string of the molecule is CC(C1CC1)N(C)c1cc(Br)ccc1C(=N)N.